The number of carbonyl (C=O) groups excluding carboxylic acids is 1. The third-order valence-corrected chi connectivity index (χ3v) is 3.57. The number of esters is 1. The van der Waals surface area contributed by atoms with E-state index in [0.717, 1.165) is 0 Å². The van der Waals surface area contributed by atoms with E-state index >= 15 is 0 Å². The van der Waals surface area contributed by atoms with Gasteiger partial charge in [0.05, 0.1) is 22.1 Å². The van der Waals surface area contributed by atoms with E-state index in [0.29, 0.717) is 5.56 Å². The van der Waals surface area contributed by atoms with E-state index in [-0.39, 0.29) is 33.7 Å². The Morgan fingerprint density at radius 3 is 2.57 bits per heavy atom. The predicted molar refractivity (Wildman–Crippen MR) is 85.2 cm³/mol. The predicted octanol–water partition coefficient (Wildman–Crippen LogP) is 4.27. The average molecular weight is 356 g/mol. The summed E-state index contributed by atoms with van der Waals surface area (Å²) in [5, 5.41) is 11.1. The van der Waals surface area contributed by atoms with Crippen molar-refractivity contribution in [2.45, 2.75) is 6.61 Å². The highest BCUT2D eigenvalue weighted by molar-refractivity contribution is 6.37. The summed E-state index contributed by atoms with van der Waals surface area (Å²) < 4.78 is 10.2. The normalized spacial score (nSPS) is 10.2. The van der Waals surface area contributed by atoms with Crippen LogP contribution in [0.1, 0.15) is 15.9 Å². The smallest absolute Gasteiger partial charge is 0.343 e. The Labute approximate surface area is 141 Å². The Kier molecular flexibility index (Phi) is 5.41. The molecule has 0 spiro atoms. The monoisotopic (exact) mass is 355 g/mol. The maximum Gasteiger partial charge on any atom is 0.343 e. The molecule has 0 aliphatic heterocycles. The highest BCUT2D eigenvalue weighted by atomic mass is 35.5. The van der Waals surface area contributed by atoms with Crippen LogP contribution < -0.4 is 4.74 Å². The molecular formula is C15H11Cl2NO5. The van der Waals surface area contributed by atoms with E-state index < -0.39 is 10.9 Å². The fourth-order valence-electron chi connectivity index (χ4n) is 1.90. The topological polar surface area (TPSA) is 78.7 Å². The maximum atomic E-state index is 12.2. The molecule has 0 aliphatic rings. The Morgan fingerprint density at radius 1 is 1.22 bits per heavy atom. The number of nitro benzene ring substituents is 1. The lowest BCUT2D eigenvalue weighted by Gasteiger charge is -2.11. The van der Waals surface area contributed by atoms with Gasteiger partial charge in [0.25, 0.3) is 5.69 Å². The van der Waals surface area contributed by atoms with E-state index in [1.807, 2.05) is 0 Å². The quantitative estimate of drug-likeness (QED) is 0.454. The molecule has 0 N–H and O–H groups in total. The molecule has 23 heavy (non-hydrogen) atoms. The number of hydrogen-bond acceptors (Lipinski definition) is 5. The second kappa shape index (κ2) is 7.30. The van der Waals surface area contributed by atoms with Gasteiger partial charge < -0.3 is 9.47 Å². The first-order chi connectivity index (χ1) is 10.9. The number of non-ortho nitro benzene ring substituents is 1. The third kappa shape index (κ3) is 3.91. The number of nitro groups is 1. The van der Waals surface area contributed by atoms with Crippen molar-refractivity contribution < 1.29 is 19.2 Å². The molecule has 0 bridgehead atoms. The number of nitrogens with zero attached hydrogens (tertiary/aromatic N) is 1. The summed E-state index contributed by atoms with van der Waals surface area (Å²) >= 11 is 11.9. The number of ether oxygens (including phenoxy) is 2. The molecule has 0 aliphatic carbocycles. The molecular weight excluding hydrogens is 345 g/mol. The fourth-order valence-corrected chi connectivity index (χ4v) is 2.36. The standard InChI is InChI=1S/C15H11Cl2NO5/c1-22-14-12(17)6-5-11(16)13(14)15(19)23-8-9-3-2-4-10(7-9)18(20)21/h2-7H,8H2,1H3. The van der Waals surface area contributed by atoms with Crippen molar-refractivity contribution in [2.24, 2.45) is 0 Å². The fraction of sp³-hybridized carbons (Fsp3) is 0.133. The van der Waals surface area contributed by atoms with Gasteiger partial charge in [-0.25, -0.2) is 4.79 Å². The Balaban J connectivity index is 2.19. The van der Waals surface area contributed by atoms with Gasteiger partial charge in [-0.2, -0.15) is 0 Å². The highest BCUT2D eigenvalue weighted by Gasteiger charge is 2.21. The van der Waals surface area contributed by atoms with E-state index in [1.165, 1.54) is 37.4 Å². The number of carbonyl (C=O) groups is 1. The maximum absolute atomic E-state index is 12.2. The van der Waals surface area contributed by atoms with Crippen molar-refractivity contribution in [3.05, 3.63) is 67.7 Å². The molecule has 6 nitrogen and oxygen atoms in total. The molecule has 0 heterocycles. The van der Waals surface area contributed by atoms with Crippen LogP contribution in [-0.2, 0) is 11.3 Å². The summed E-state index contributed by atoms with van der Waals surface area (Å²) in [7, 11) is 1.36. The van der Waals surface area contributed by atoms with Crippen LogP contribution in [0.4, 0.5) is 5.69 Å². The van der Waals surface area contributed by atoms with Gasteiger partial charge in [-0.05, 0) is 17.7 Å². The largest absolute Gasteiger partial charge is 0.494 e. The first-order valence-electron chi connectivity index (χ1n) is 6.36. The second-order valence-corrected chi connectivity index (χ2v) is 5.26. The first kappa shape index (κ1) is 17.1. The van der Waals surface area contributed by atoms with Crippen LogP contribution >= 0.6 is 23.2 Å². The molecule has 2 aromatic carbocycles. The summed E-state index contributed by atoms with van der Waals surface area (Å²) in [6.07, 6.45) is 0. The molecule has 0 fully saturated rings. The van der Waals surface area contributed by atoms with Crippen LogP contribution in [0, 0.1) is 10.1 Å². The zero-order valence-electron chi connectivity index (χ0n) is 11.9. The van der Waals surface area contributed by atoms with Crippen molar-refractivity contribution in [3.63, 3.8) is 0 Å². The molecule has 0 radical (unpaired) electrons. The Morgan fingerprint density at radius 2 is 1.91 bits per heavy atom. The number of hydrogen-bond donors (Lipinski definition) is 0. The van der Waals surface area contributed by atoms with E-state index in [4.69, 9.17) is 32.7 Å². The lowest BCUT2D eigenvalue weighted by atomic mass is 10.2. The number of benzene rings is 2. The molecule has 2 aromatic rings. The summed E-state index contributed by atoms with van der Waals surface area (Å²) in [6.45, 7) is -0.146. The number of rotatable bonds is 5. The Bertz CT molecular complexity index is 764. The molecule has 0 saturated heterocycles. The second-order valence-electron chi connectivity index (χ2n) is 4.44. The molecule has 0 aromatic heterocycles. The van der Waals surface area contributed by atoms with Crippen molar-refractivity contribution in [1.29, 1.82) is 0 Å². The molecule has 0 atom stereocenters. The highest BCUT2D eigenvalue weighted by Crippen LogP contribution is 2.34. The average Bonchev–Trinajstić information content (AvgIpc) is 2.54. The van der Waals surface area contributed by atoms with Gasteiger partial charge in [0.1, 0.15) is 12.2 Å². The van der Waals surface area contributed by atoms with Crippen molar-refractivity contribution in [1.82, 2.24) is 0 Å². The van der Waals surface area contributed by atoms with Gasteiger partial charge in [-0.1, -0.05) is 35.3 Å². The van der Waals surface area contributed by atoms with Crippen LogP contribution in [0.3, 0.4) is 0 Å². The lowest BCUT2D eigenvalue weighted by Crippen LogP contribution is -2.08. The minimum atomic E-state index is -0.735. The zero-order chi connectivity index (χ0) is 17.0. The van der Waals surface area contributed by atoms with Gasteiger partial charge in [-0.3, -0.25) is 10.1 Å². The van der Waals surface area contributed by atoms with Crippen LogP contribution in [0.2, 0.25) is 10.0 Å². The van der Waals surface area contributed by atoms with Gasteiger partial charge >= 0.3 is 5.97 Å². The molecule has 0 amide bonds. The van der Waals surface area contributed by atoms with E-state index in [1.54, 1.807) is 6.07 Å². The van der Waals surface area contributed by atoms with Crippen molar-refractivity contribution in [2.75, 3.05) is 7.11 Å². The van der Waals surface area contributed by atoms with Crippen molar-refractivity contribution in [3.8, 4) is 5.75 Å². The zero-order valence-corrected chi connectivity index (χ0v) is 13.4. The molecule has 0 saturated carbocycles. The molecule has 0 unspecified atom stereocenters. The SMILES string of the molecule is COc1c(Cl)ccc(Cl)c1C(=O)OCc1cccc([N+](=O)[O-])c1. The van der Waals surface area contributed by atoms with Crippen LogP contribution in [0.25, 0.3) is 0 Å². The minimum absolute atomic E-state index is 0.00657. The van der Waals surface area contributed by atoms with Gasteiger partial charge in [0, 0.05) is 12.1 Å². The van der Waals surface area contributed by atoms with Crippen LogP contribution in [0.5, 0.6) is 5.75 Å². The number of methoxy groups -OCH3 is 1. The van der Waals surface area contributed by atoms with Crippen molar-refractivity contribution >= 4 is 34.9 Å². The first-order valence-corrected chi connectivity index (χ1v) is 7.12. The summed E-state index contributed by atoms with van der Waals surface area (Å²) in [5.41, 5.74) is 0.397. The number of halogens is 2. The van der Waals surface area contributed by atoms with E-state index in [2.05, 4.69) is 0 Å². The molecule has 120 valence electrons. The molecule has 8 heteroatoms. The van der Waals surface area contributed by atoms with Crippen LogP contribution in [-0.4, -0.2) is 18.0 Å². The van der Waals surface area contributed by atoms with Gasteiger partial charge in [-0.15, -0.1) is 0 Å². The summed E-state index contributed by atoms with van der Waals surface area (Å²) in [4.78, 5) is 22.4. The Hall–Kier alpha value is -2.31. The van der Waals surface area contributed by atoms with Gasteiger partial charge in [0.2, 0.25) is 0 Å². The summed E-state index contributed by atoms with van der Waals surface area (Å²) in [6, 6.07) is 8.74. The van der Waals surface area contributed by atoms with E-state index in [9.17, 15) is 14.9 Å². The summed E-state index contributed by atoms with van der Waals surface area (Å²) in [5.74, 6) is -0.621. The third-order valence-electron chi connectivity index (χ3n) is 2.96. The van der Waals surface area contributed by atoms with Gasteiger partial charge in [0.15, 0.2) is 5.75 Å². The minimum Gasteiger partial charge on any atom is -0.494 e. The van der Waals surface area contributed by atoms with Crippen LogP contribution in [0.15, 0.2) is 36.4 Å². The molecule has 2 rings (SSSR count). The lowest BCUT2D eigenvalue weighted by molar-refractivity contribution is -0.384.